The number of nitrogens with one attached hydrogen (secondary N) is 2. The average molecular weight is 995 g/mol. The Bertz CT molecular complexity index is 2820. The molecule has 73 heavy (non-hydrogen) atoms. The van der Waals surface area contributed by atoms with Crippen LogP contribution in [0.25, 0.3) is 11.1 Å². The molecule has 1 heterocycles. The molecule has 0 bridgehead atoms. The van der Waals surface area contributed by atoms with Crippen LogP contribution in [-0.2, 0) is 57.5 Å². The van der Waals surface area contributed by atoms with Crippen LogP contribution in [-0.4, -0.2) is 70.1 Å². The van der Waals surface area contributed by atoms with E-state index in [4.69, 9.17) is 28.1 Å². The van der Waals surface area contributed by atoms with Gasteiger partial charge in [-0.3, -0.25) is 4.79 Å². The van der Waals surface area contributed by atoms with Crippen molar-refractivity contribution in [1.82, 2.24) is 10.6 Å². The second kappa shape index (κ2) is 23.6. The number of carbonyl (C=O) groups excluding carboxylic acids is 3. The molecule has 11 nitrogen and oxygen atoms in total. The number of esters is 1. The summed E-state index contributed by atoms with van der Waals surface area (Å²) in [5, 5.41) is 7.57. The van der Waals surface area contributed by atoms with Gasteiger partial charge in [-0.05, 0) is 54.4 Å². The molecule has 1 fully saturated rings. The van der Waals surface area contributed by atoms with Crippen LogP contribution in [0.15, 0.2) is 200 Å². The van der Waals surface area contributed by atoms with E-state index in [0.29, 0.717) is 0 Å². The Morgan fingerprint density at radius 1 is 0.548 bits per heavy atom. The molecule has 0 aromatic heterocycles. The lowest BCUT2D eigenvalue weighted by Gasteiger charge is -2.43. The predicted octanol–water partition coefficient (Wildman–Crippen LogP) is 9.62. The zero-order chi connectivity index (χ0) is 50.6. The highest BCUT2D eigenvalue weighted by molar-refractivity contribution is 6.99. The summed E-state index contributed by atoms with van der Waals surface area (Å²) in [5.41, 5.74) is 6.83. The van der Waals surface area contributed by atoms with Gasteiger partial charge in [-0.15, -0.1) is 0 Å². The average Bonchev–Trinajstić information content (AvgIpc) is 3.92. The number of alkyl carbamates (subject to hydrolysis) is 1. The molecule has 1 saturated heterocycles. The number of rotatable bonds is 20. The van der Waals surface area contributed by atoms with E-state index in [0.717, 1.165) is 49.3 Å². The zero-order valence-corrected chi connectivity index (χ0v) is 42.4. The first-order valence-electron chi connectivity index (χ1n) is 24.9. The van der Waals surface area contributed by atoms with Crippen molar-refractivity contribution in [3.05, 3.63) is 228 Å². The van der Waals surface area contributed by atoms with Gasteiger partial charge in [0, 0.05) is 5.92 Å². The molecule has 7 aromatic rings. The number of fused-ring (bicyclic) bond motifs is 3. The smallest absolute Gasteiger partial charge is 0.407 e. The number of hydrogen-bond donors (Lipinski definition) is 2. The molecule has 12 heteroatoms. The van der Waals surface area contributed by atoms with Crippen LogP contribution in [0.3, 0.4) is 0 Å². The Morgan fingerprint density at radius 2 is 1.00 bits per heavy atom. The summed E-state index contributed by atoms with van der Waals surface area (Å²) in [6.07, 6.45) is -4.76. The van der Waals surface area contributed by atoms with Crippen LogP contribution >= 0.6 is 0 Å². The summed E-state index contributed by atoms with van der Waals surface area (Å²) in [6, 6.07) is 64.1. The fourth-order valence-electron chi connectivity index (χ4n) is 10.1. The SMILES string of the molecule is CC(C)(C)[Si](OC[C@H]1O[C@H](NC(=O)C[C@H](NC(=O)OCC2c3ccccc3-c3ccccc32)C(=O)OCc2ccccc2)[C@H](OCc2ccccc2)[C@@H]1OCc1ccccc1)(c1ccccc1)c1ccccc1. The molecule has 2 aliphatic rings. The molecule has 0 unspecified atom stereocenters. The van der Waals surface area contributed by atoms with Crippen molar-refractivity contribution in [1.29, 1.82) is 0 Å². The fourth-order valence-corrected chi connectivity index (χ4v) is 14.6. The minimum absolute atomic E-state index is 0.00984. The van der Waals surface area contributed by atoms with Gasteiger partial charge in [0.05, 0.1) is 26.2 Å². The monoisotopic (exact) mass is 994 g/mol. The third kappa shape index (κ3) is 12.0. The molecule has 374 valence electrons. The first-order valence-corrected chi connectivity index (χ1v) is 26.8. The number of ether oxygens (including phenoxy) is 5. The molecule has 2 N–H and O–H groups in total. The van der Waals surface area contributed by atoms with E-state index in [9.17, 15) is 14.4 Å². The third-order valence-electron chi connectivity index (χ3n) is 13.6. The fraction of sp³-hybridized carbons (Fsp3) is 0.262. The molecule has 2 amide bonds. The highest BCUT2D eigenvalue weighted by Gasteiger charge is 2.53. The van der Waals surface area contributed by atoms with Gasteiger partial charge in [0.25, 0.3) is 8.32 Å². The van der Waals surface area contributed by atoms with Crippen molar-refractivity contribution in [3.8, 4) is 11.1 Å². The number of carbonyl (C=O) groups is 3. The normalized spacial score (nSPS) is 17.7. The van der Waals surface area contributed by atoms with Crippen LogP contribution in [0.1, 0.15) is 60.9 Å². The van der Waals surface area contributed by atoms with Crippen molar-refractivity contribution in [2.75, 3.05) is 13.2 Å². The minimum Gasteiger partial charge on any atom is -0.459 e. The van der Waals surface area contributed by atoms with Crippen molar-refractivity contribution >= 4 is 36.7 Å². The quantitative estimate of drug-likeness (QED) is 0.0567. The Balaban J connectivity index is 0.982. The Hall–Kier alpha value is -7.19. The lowest BCUT2D eigenvalue weighted by Crippen LogP contribution is -2.67. The van der Waals surface area contributed by atoms with Crippen molar-refractivity contribution in [2.24, 2.45) is 0 Å². The summed E-state index contributed by atoms with van der Waals surface area (Å²) in [4.78, 5) is 42.3. The first kappa shape index (κ1) is 50.7. The Labute approximate surface area is 428 Å². The zero-order valence-electron chi connectivity index (χ0n) is 41.4. The second-order valence-corrected chi connectivity index (χ2v) is 23.8. The Morgan fingerprint density at radius 3 is 1.51 bits per heavy atom. The molecule has 9 rings (SSSR count). The lowest BCUT2D eigenvalue weighted by molar-refractivity contribution is -0.149. The second-order valence-electron chi connectivity index (χ2n) is 19.5. The van der Waals surface area contributed by atoms with E-state index in [2.05, 4.69) is 67.8 Å². The third-order valence-corrected chi connectivity index (χ3v) is 18.6. The molecule has 5 atom stereocenters. The largest absolute Gasteiger partial charge is 0.459 e. The maximum Gasteiger partial charge on any atom is 0.407 e. The number of hydrogen-bond acceptors (Lipinski definition) is 9. The molecule has 7 aromatic carbocycles. The molecule has 1 aliphatic heterocycles. The number of amides is 2. The van der Waals surface area contributed by atoms with E-state index in [1.807, 2.05) is 164 Å². The standard InChI is InChI=1S/C61H62N2O9Si/c1-61(2,3)73(46-29-15-7-16-30-46,47-31-17-8-18-32-47)71-42-54-56(67-38-43-23-9-4-10-24-43)57(68-39-44-25-11-5-12-26-44)58(72-54)63-55(64)37-53(59(65)69-40-45-27-13-6-14-28-45)62-60(66)70-41-52-50-35-21-19-33-48(50)49-34-20-22-36-51(49)52/h4-36,52-54,56-58H,37-42H2,1-3H3,(H,62,66)(H,63,64)/t53-,54+,56+,57+,58-/m0/s1. The highest BCUT2D eigenvalue weighted by Crippen LogP contribution is 2.44. The van der Waals surface area contributed by atoms with Crippen molar-refractivity contribution in [3.63, 3.8) is 0 Å². The van der Waals surface area contributed by atoms with Gasteiger partial charge in [-0.1, -0.05) is 221 Å². The molecule has 1 aliphatic carbocycles. The molecule has 0 spiro atoms. The van der Waals surface area contributed by atoms with E-state index in [1.54, 1.807) is 0 Å². The maximum absolute atomic E-state index is 14.5. The van der Waals surface area contributed by atoms with E-state index >= 15 is 0 Å². The van der Waals surface area contributed by atoms with Crippen LogP contribution in [0, 0.1) is 0 Å². The Kier molecular flexibility index (Phi) is 16.4. The van der Waals surface area contributed by atoms with Crippen molar-refractivity contribution < 1.29 is 42.5 Å². The maximum atomic E-state index is 14.5. The van der Waals surface area contributed by atoms with E-state index < -0.39 is 63.3 Å². The van der Waals surface area contributed by atoms with E-state index in [-0.39, 0.29) is 44.0 Å². The van der Waals surface area contributed by atoms with Gasteiger partial charge in [0.1, 0.15) is 37.6 Å². The lowest BCUT2D eigenvalue weighted by atomic mass is 9.98. The molecular weight excluding hydrogens is 933 g/mol. The summed E-state index contributed by atoms with van der Waals surface area (Å²) in [7, 11) is -3.08. The molecule has 0 saturated carbocycles. The first-order chi connectivity index (χ1) is 35.6. The van der Waals surface area contributed by atoms with Crippen molar-refractivity contribution in [2.45, 2.75) is 88.6 Å². The van der Waals surface area contributed by atoms with Gasteiger partial charge < -0.3 is 38.7 Å². The van der Waals surface area contributed by atoms with Gasteiger partial charge in [0.15, 0.2) is 6.23 Å². The van der Waals surface area contributed by atoms with Gasteiger partial charge in [0.2, 0.25) is 5.91 Å². The van der Waals surface area contributed by atoms with Crippen LogP contribution in [0.5, 0.6) is 0 Å². The summed E-state index contributed by atoms with van der Waals surface area (Å²) < 4.78 is 39.5. The summed E-state index contributed by atoms with van der Waals surface area (Å²) in [6.45, 7) is 7.10. The summed E-state index contributed by atoms with van der Waals surface area (Å²) >= 11 is 0. The molecule has 0 radical (unpaired) electrons. The van der Waals surface area contributed by atoms with Gasteiger partial charge in [-0.2, -0.15) is 0 Å². The topological polar surface area (TPSA) is 131 Å². The van der Waals surface area contributed by atoms with Crippen LogP contribution < -0.4 is 21.0 Å². The minimum atomic E-state index is -3.08. The van der Waals surface area contributed by atoms with Crippen LogP contribution in [0.2, 0.25) is 5.04 Å². The van der Waals surface area contributed by atoms with Gasteiger partial charge in [-0.25, -0.2) is 9.59 Å². The van der Waals surface area contributed by atoms with Crippen LogP contribution in [0.4, 0.5) is 4.79 Å². The predicted molar refractivity (Wildman–Crippen MR) is 283 cm³/mol. The van der Waals surface area contributed by atoms with Gasteiger partial charge >= 0.3 is 12.1 Å². The highest BCUT2D eigenvalue weighted by atomic mass is 28.4. The van der Waals surface area contributed by atoms with E-state index in [1.165, 1.54) is 0 Å². The summed E-state index contributed by atoms with van der Waals surface area (Å²) in [5.74, 6) is -1.63. The molecular formula is C61H62N2O9Si. The number of benzene rings is 7.